The van der Waals surface area contributed by atoms with Gasteiger partial charge in [0, 0.05) is 11.6 Å². The summed E-state index contributed by atoms with van der Waals surface area (Å²) >= 11 is 0. The number of rotatable bonds is 4. The van der Waals surface area contributed by atoms with Crippen molar-refractivity contribution < 1.29 is 27.8 Å². The normalized spacial score (nSPS) is 12.3. The fraction of sp³-hybridized carbons (Fsp3) is 0.188. The SMILES string of the molecule is COc1cc(C#N)cc([C@@H](N)c2ccc(OC(F)(F)F)cc2)c1O. The Morgan fingerprint density at radius 3 is 2.33 bits per heavy atom. The van der Waals surface area contributed by atoms with Gasteiger partial charge in [-0.3, -0.25) is 0 Å². The van der Waals surface area contributed by atoms with Crippen LogP contribution in [0.2, 0.25) is 0 Å². The van der Waals surface area contributed by atoms with Crippen LogP contribution in [0, 0.1) is 11.3 Å². The number of aromatic hydroxyl groups is 1. The van der Waals surface area contributed by atoms with Crippen molar-refractivity contribution in [3.63, 3.8) is 0 Å². The third-order valence-corrected chi connectivity index (χ3v) is 3.26. The second-order valence-corrected chi connectivity index (χ2v) is 4.82. The number of methoxy groups -OCH3 is 1. The monoisotopic (exact) mass is 338 g/mol. The van der Waals surface area contributed by atoms with Gasteiger partial charge >= 0.3 is 6.36 Å². The van der Waals surface area contributed by atoms with E-state index in [4.69, 9.17) is 15.7 Å². The van der Waals surface area contributed by atoms with E-state index in [-0.39, 0.29) is 28.4 Å². The van der Waals surface area contributed by atoms with Crippen LogP contribution in [-0.4, -0.2) is 18.6 Å². The van der Waals surface area contributed by atoms with E-state index in [1.807, 2.05) is 6.07 Å². The number of benzene rings is 2. The molecule has 0 bridgehead atoms. The molecule has 3 N–H and O–H groups in total. The van der Waals surface area contributed by atoms with Crippen molar-refractivity contribution in [3.8, 4) is 23.3 Å². The van der Waals surface area contributed by atoms with Gasteiger partial charge in [0.05, 0.1) is 24.8 Å². The first-order valence-electron chi connectivity index (χ1n) is 6.67. The van der Waals surface area contributed by atoms with Gasteiger partial charge in [0.2, 0.25) is 0 Å². The zero-order valence-corrected chi connectivity index (χ0v) is 12.5. The highest BCUT2D eigenvalue weighted by molar-refractivity contribution is 5.54. The molecule has 2 aromatic carbocycles. The van der Waals surface area contributed by atoms with Gasteiger partial charge < -0.3 is 20.3 Å². The minimum Gasteiger partial charge on any atom is -0.504 e. The molecule has 0 aromatic heterocycles. The lowest BCUT2D eigenvalue weighted by molar-refractivity contribution is -0.274. The maximum absolute atomic E-state index is 12.2. The number of ether oxygens (including phenoxy) is 2. The minimum absolute atomic E-state index is 0.0801. The molecule has 1 atom stereocenters. The van der Waals surface area contributed by atoms with Crippen LogP contribution in [0.3, 0.4) is 0 Å². The third-order valence-electron chi connectivity index (χ3n) is 3.26. The first-order chi connectivity index (χ1) is 11.2. The van der Waals surface area contributed by atoms with E-state index in [9.17, 15) is 18.3 Å². The Bertz CT molecular complexity index is 768. The van der Waals surface area contributed by atoms with Gasteiger partial charge in [0.25, 0.3) is 0 Å². The molecule has 0 aliphatic carbocycles. The van der Waals surface area contributed by atoms with Gasteiger partial charge in [0.1, 0.15) is 5.75 Å². The topological polar surface area (TPSA) is 88.5 Å². The summed E-state index contributed by atoms with van der Waals surface area (Å²) in [6, 6.07) is 8.72. The molecule has 0 aliphatic rings. The van der Waals surface area contributed by atoms with Gasteiger partial charge in [-0.2, -0.15) is 5.26 Å². The summed E-state index contributed by atoms with van der Waals surface area (Å²) in [5.74, 6) is -0.540. The summed E-state index contributed by atoms with van der Waals surface area (Å²) in [5.41, 5.74) is 6.93. The second-order valence-electron chi connectivity index (χ2n) is 4.82. The molecule has 2 rings (SSSR count). The van der Waals surface area contributed by atoms with Crippen molar-refractivity contribution in [1.29, 1.82) is 5.26 Å². The van der Waals surface area contributed by atoms with E-state index < -0.39 is 12.4 Å². The smallest absolute Gasteiger partial charge is 0.504 e. The Hall–Kier alpha value is -2.92. The lowest BCUT2D eigenvalue weighted by Crippen LogP contribution is -2.17. The van der Waals surface area contributed by atoms with Crippen LogP contribution in [-0.2, 0) is 0 Å². The highest BCUT2D eigenvalue weighted by Crippen LogP contribution is 2.37. The molecule has 2 aromatic rings. The van der Waals surface area contributed by atoms with Gasteiger partial charge in [-0.1, -0.05) is 12.1 Å². The summed E-state index contributed by atoms with van der Waals surface area (Å²) in [5, 5.41) is 19.2. The Kier molecular flexibility index (Phi) is 4.85. The van der Waals surface area contributed by atoms with Crippen LogP contribution in [0.5, 0.6) is 17.2 Å². The Balaban J connectivity index is 2.35. The van der Waals surface area contributed by atoms with Gasteiger partial charge in [0.15, 0.2) is 11.5 Å². The fourth-order valence-corrected chi connectivity index (χ4v) is 2.14. The Morgan fingerprint density at radius 2 is 1.83 bits per heavy atom. The molecule has 0 spiro atoms. The minimum atomic E-state index is -4.78. The van der Waals surface area contributed by atoms with E-state index in [1.54, 1.807) is 0 Å². The first-order valence-corrected chi connectivity index (χ1v) is 6.67. The standard InChI is InChI=1S/C16H13F3N2O3/c1-23-13-7-9(8-20)6-12(15(13)22)14(21)10-2-4-11(5-3-10)24-16(17,18)19/h2-7,14,22H,21H2,1H3/t14-/m0/s1. The van der Waals surface area contributed by atoms with Gasteiger partial charge in [-0.15, -0.1) is 13.2 Å². The largest absolute Gasteiger partial charge is 0.573 e. The number of phenolic OH excluding ortho intramolecular Hbond substituents is 1. The molecular weight excluding hydrogens is 325 g/mol. The van der Waals surface area contributed by atoms with Crippen molar-refractivity contribution in [3.05, 3.63) is 53.1 Å². The van der Waals surface area contributed by atoms with Crippen LogP contribution >= 0.6 is 0 Å². The molecule has 0 unspecified atom stereocenters. The number of phenols is 1. The molecule has 5 nitrogen and oxygen atoms in total. The molecule has 24 heavy (non-hydrogen) atoms. The number of hydrogen-bond acceptors (Lipinski definition) is 5. The van der Waals surface area contributed by atoms with Crippen LogP contribution in [0.25, 0.3) is 0 Å². The van der Waals surface area contributed by atoms with Gasteiger partial charge in [-0.05, 0) is 23.8 Å². The second kappa shape index (κ2) is 6.68. The summed E-state index contributed by atoms with van der Waals surface area (Å²) in [6.07, 6.45) is -4.78. The molecule has 0 heterocycles. The van der Waals surface area contributed by atoms with Crippen molar-refractivity contribution >= 4 is 0 Å². The van der Waals surface area contributed by atoms with Crippen molar-refractivity contribution in [1.82, 2.24) is 0 Å². The number of alkyl halides is 3. The van der Waals surface area contributed by atoms with Gasteiger partial charge in [-0.25, -0.2) is 0 Å². The molecule has 126 valence electrons. The quantitative estimate of drug-likeness (QED) is 0.893. The predicted octanol–water partition coefficient (Wildman–Crippen LogP) is 3.22. The van der Waals surface area contributed by atoms with Crippen molar-refractivity contribution in [2.45, 2.75) is 12.4 Å². The molecule has 0 radical (unpaired) electrons. The van der Waals surface area contributed by atoms with Crippen LogP contribution in [0.4, 0.5) is 13.2 Å². The van der Waals surface area contributed by atoms with E-state index in [0.717, 1.165) is 12.1 Å². The van der Waals surface area contributed by atoms with E-state index in [0.29, 0.717) is 5.56 Å². The zero-order valence-electron chi connectivity index (χ0n) is 12.5. The number of hydrogen-bond donors (Lipinski definition) is 2. The maximum Gasteiger partial charge on any atom is 0.573 e. The third kappa shape index (κ3) is 3.88. The van der Waals surface area contributed by atoms with E-state index in [2.05, 4.69) is 4.74 Å². The van der Waals surface area contributed by atoms with Crippen LogP contribution in [0.15, 0.2) is 36.4 Å². The molecule has 0 amide bonds. The molecular formula is C16H13F3N2O3. The molecule has 0 fully saturated rings. The summed E-state index contributed by atoms with van der Waals surface area (Å²) in [7, 11) is 1.33. The number of nitrogens with two attached hydrogens (primary N) is 1. The number of halogens is 3. The molecule has 8 heteroatoms. The van der Waals surface area contributed by atoms with E-state index in [1.165, 1.54) is 31.4 Å². The van der Waals surface area contributed by atoms with Crippen LogP contribution < -0.4 is 15.2 Å². The number of nitriles is 1. The maximum atomic E-state index is 12.2. The lowest BCUT2D eigenvalue weighted by Gasteiger charge is -2.17. The highest BCUT2D eigenvalue weighted by atomic mass is 19.4. The highest BCUT2D eigenvalue weighted by Gasteiger charge is 2.31. The summed E-state index contributed by atoms with van der Waals surface area (Å²) in [4.78, 5) is 0. The lowest BCUT2D eigenvalue weighted by atomic mass is 9.96. The average molecular weight is 338 g/mol. The Morgan fingerprint density at radius 1 is 1.21 bits per heavy atom. The zero-order chi connectivity index (χ0) is 17.9. The summed E-state index contributed by atoms with van der Waals surface area (Å²) in [6.45, 7) is 0. The predicted molar refractivity (Wildman–Crippen MR) is 78.5 cm³/mol. The summed E-state index contributed by atoms with van der Waals surface area (Å²) < 4.78 is 45.3. The fourth-order valence-electron chi connectivity index (χ4n) is 2.14. The van der Waals surface area contributed by atoms with Crippen LogP contribution in [0.1, 0.15) is 22.7 Å². The van der Waals surface area contributed by atoms with E-state index >= 15 is 0 Å². The van der Waals surface area contributed by atoms with Crippen molar-refractivity contribution in [2.75, 3.05) is 7.11 Å². The number of nitrogens with zero attached hydrogens (tertiary/aromatic N) is 1. The molecule has 0 saturated heterocycles. The first kappa shape index (κ1) is 17.4. The molecule has 0 aliphatic heterocycles. The Labute approximate surface area is 135 Å². The molecule has 0 saturated carbocycles. The van der Waals surface area contributed by atoms with Crippen molar-refractivity contribution in [2.24, 2.45) is 5.73 Å². The average Bonchev–Trinajstić information content (AvgIpc) is 2.53.